The van der Waals surface area contributed by atoms with Crippen molar-refractivity contribution in [2.75, 3.05) is 37.7 Å². The lowest BCUT2D eigenvalue weighted by Gasteiger charge is -2.26. The van der Waals surface area contributed by atoms with Crippen molar-refractivity contribution in [3.8, 4) is 0 Å². The van der Waals surface area contributed by atoms with Crippen molar-refractivity contribution in [3.63, 3.8) is 0 Å². The van der Waals surface area contributed by atoms with Gasteiger partial charge in [-0.3, -0.25) is 9.59 Å². The average Bonchev–Trinajstić information content (AvgIpc) is 3.40. The largest absolute Gasteiger partial charge is 0.378 e. The molecule has 8 nitrogen and oxygen atoms in total. The molecular weight excluding hydrogens is 512 g/mol. The van der Waals surface area contributed by atoms with Crippen molar-refractivity contribution in [3.05, 3.63) is 46.5 Å². The quantitative estimate of drug-likeness (QED) is 0.175. The number of aromatic nitrogens is 1. The van der Waals surface area contributed by atoms with Gasteiger partial charge in [-0.1, -0.05) is 76.8 Å². The summed E-state index contributed by atoms with van der Waals surface area (Å²) in [5.74, 6) is -0.412. The number of carbonyl (C=O) groups is 2. The number of nitrogens with zero attached hydrogens (tertiary/aromatic N) is 3. The minimum Gasteiger partial charge on any atom is -0.378 e. The maximum absolute atomic E-state index is 12.5. The van der Waals surface area contributed by atoms with Gasteiger partial charge in [0.25, 0.3) is 5.91 Å². The zero-order valence-corrected chi connectivity index (χ0v) is 24.6. The Morgan fingerprint density at radius 3 is 2.26 bits per heavy atom. The number of hydroxylamine groups is 2. The third-order valence-corrected chi connectivity index (χ3v) is 7.85. The summed E-state index contributed by atoms with van der Waals surface area (Å²) in [5, 5.41) is 5.64. The number of morpholine rings is 1. The van der Waals surface area contributed by atoms with Crippen LogP contribution in [0, 0.1) is 0 Å². The van der Waals surface area contributed by atoms with E-state index in [0.717, 1.165) is 41.5 Å². The summed E-state index contributed by atoms with van der Waals surface area (Å²) in [5.41, 5.74) is 1.60. The molecule has 1 aromatic heterocycles. The van der Waals surface area contributed by atoms with Crippen LogP contribution in [0.2, 0.25) is 0 Å². The van der Waals surface area contributed by atoms with Crippen LogP contribution in [0.3, 0.4) is 0 Å². The van der Waals surface area contributed by atoms with Gasteiger partial charge in [0.2, 0.25) is 0 Å². The van der Waals surface area contributed by atoms with E-state index < -0.39 is 0 Å². The number of anilines is 1. The van der Waals surface area contributed by atoms with Crippen LogP contribution in [0.15, 0.2) is 30.5 Å². The third-order valence-electron chi connectivity index (χ3n) is 6.80. The summed E-state index contributed by atoms with van der Waals surface area (Å²) in [6, 6.07) is 7.49. The molecule has 0 saturated carbocycles. The van der Waals surface area contributed by atoms with Gasteiger partial charge in [0.1, 0.15) is 0 Å². The number of benzene rings is 1. The molecule has 9 heteroatoms. The third kappa shape index (κ3) is 12.1. The molecule has 2 heterocycles. The number of hydrogen-bond acceptors (Lipinski definition) is 8. The summed E-state index contributed by atoms with van der Waals surface area (Å²) < 4.78 is 5.42. The Bertz CT molecular complexity index is 976. The van der Waals surface area contributed by atoms with Crippen LogP contribution in [0.1, 0.15) is 98.9 Å². The molecule has 0 radical (unpaired) electrons. The molecule has 0 aliphatic carbocycles. The summed E-state index contributed by atoms with van der Waals surface area (Å²) >= 11 is 1.60. The first-order chi connectivity index (χ1) is 19.0. The van der Waals surface area contributed by atoms with Crippen LogP contribution in [0.25, 0.3) is 0 Å². The van der Waals surface area contributed by atoms with Gasteiger partial charge in [-0.2, -0.15) is 0 Å². The van der Waals surface area contributed by atoms with Gasteiger partial charge in [-0.15, -0.1) is 16.4 Å². The topological polar surface area (TPSA) is 84.0 Å². The zero-order valence-electron chi connectivity index (χ0n) is 23.8. The van der Waals surface area contributed by atoms with Gasteiger partial charge in [0.15, 0.2) is 5.13 Å². The van der Waals surface area contributed by atoms with E-state index in [1.54, 1.807) is 16.4 Å². The van der Waals surface area contributed by atoms with Crippen molar-refractivity contribution in [1.82, 2.24) is 15.4 Å². The lowest BCUT2D eigenvalue weighted by molar-refractivity contribution is -0.193. The number of carbonyl (C=O) groups excluding carboxylic acids is 2. The lowest BCUT2D eigenvalue weighted by Crippen LogP contribution is -2.36. The van der Waals surface area contributed by atoms with Crippen LogP contribution < -0.4 is 10.2 Å². The Kier molecular flexibility index (Phi) is 14.3. The summed E-state index contributed by atoms with van der Waals surface area (Å²) in [6.45, 7) is 8.32. The Hall–Kier alpha value is -2.49. The number of amides is 1. The highest BCUT2D eigenvalue weighted by Gasteiger charge is 2.18. The van der Waals surface area contributed by atoms with Crippen LogP contribution in [-0.4, -0.2) is 54.8 Å². The minimum atomic E-state index is -0.365. The zero-order chi connectivity index (χ0) is 27.7. The number of rotatable bonds is 18. The number of thiazole rings is 1. The highest BCUT2D eigenvalue weighted by molar-refractivity contribution is 7.15. The van der Waals surface area contributed by atoms with Gasteiger partial charge in [0.05, 0.1) is 26.3 Å². The molecule has 0 bridgehead atoms. The Morgan fingerprint density at radius 1 is 0.974 bits per heavy atom. The van der Waals surface area contributed by atoms with E-state index in [2.05, 4.69) is 22.1 Å². The van der Waals surface area contributed by atoms with Crippen LogP contribution in [-0.2, 0) is 27.5 Å². The van der Waals surface area contributed by atoms with E-state index in [0.29, 0.717) is 38.4 Å². The molecule has 1 aliphatic rings. The molecule has 1 aliphatic heterocycles. The molecule has 1 N–H and O–H groups in total. The van der Waals surface area contributed by atoms with Crippen LogP contribution in [0.4, 0.5) is 5.13 Å². The summed E-state index contributed by atoms with van der Waals surface area (Å²) in [6.07, 6.45) is 14.6. The molecular formula is C30H46N4O4S. The van der Waals surface area contributed by atoms with E-state index in [1.165, 1.54) is 58.3 Å². The minimum absolute atomic E-state index is 0.0466. The Balaban J connectivity index is 1.38. The van der Waals surface area contributed by atoms with Crippen molar-refractivity contribution in [1.29, 1.82) is 0 Å². The second kappa shape index (κ2) is 18.0. The normalized spacial score (nSPS) is 13.6. The SMILES string of the molecule is CCCCCCCCCCCCNC(=O)c1ccc(CN(Cc2cnc(N3CCOCC3)s2)OC(C)=O)cc1. The number of ether oxygens (including phenoxy) is 1. The fourth-order valence-electron chi connectivity index (χ4n) is 4.63. The van der Waals surface area contributed by atoms with E-state index in [1.807, 2.05) is 30.5 Å². The second-order valence-corrected chi connectivity index (χ2v) is 11.3. The van der Waals surface area contributed by atoms with Gasteiger partial charge in [0, 0.05) is 43.2 Å². The van der Waals surface area contributed by atoms with Crippen molar-refractivity contribution >= 4 is 28.3 Å². The van der Waals surface area contributed by atoms with E-state index in [-0.39, 0.29) is 11.9 Å². The number of hydrogen-bond donors (Lipinski definition) is 1. The lowest BCUT2D eigenvalue weighted by atomic mass is 10.1. The fraction of sp³-hybridized carbons (Fsp3) is 0.633. The van der Waals surface area contributed by atoms with Crippen LogP contribution >= 0.6 is 11.3 Å². The Morgan fingerprint density at radius 2 is 1.62 bits per heavy atom. The predicted molar refractivity (Wildman–Crippen MR) is 157 cm³/mol. The Labute approximate surface area is 238 Å². The molecule has 3 rings (SSSR count). The maximum Gasteiger partial charge on any atom is 0.322 e. The van der Waals surface area contributed by atoms with Gasteiger partial charge < -0.3 is 19.8 Å². The van der Waals surface area contributed by atoms with Gasteiger partial charge >= 0.3 is 5.97 Å². The molecule has 0 atom stereocenters. The first kappa shape index (κ1) is 31.0. The standard InChI is InChI=1S/C30H46N4O4S/c1-3-4-5-6-7-8-9-10-11-12-17-31-29(36)27-15-13-26(14-16-27)23-34(38-25(2)35)24-28-22-32-30(39-28)33-18-20-37-21-19-33/h13-16,22H,3-12,17-21,23-24H2,1-2H3,(H,31,36). The van der Waals surface area contributed by atoms with E-state index in [9.17, 15) is 9.59 Å². The summed E-state index contributed by atoms with van der Waals surface area (Å²) in [4.78, 5) is 37.5. The molecule has 0 unspecified atom stereocenters. The molecule has 2 aromatic rings. The van der Waals surface area contributed by atoms with Crippen LogP contribution in [0.5, 0.6) is 0 Å². The second-order valence-electron chi connectivity index (χ2n) is 10.2. The molecule has 39 heavy (non-hydrogen) atoms. The maximum atomic E-state index is 12.5. The average molecular weight is 559 g/mol. The molecule has 1 amide bonds. The van der Waals surface area contributed by atoms with Crippen molar-refractivity contribution in [2.45, 2.75) is 91.1 Å². The number of unbranched alkanes of at least 4 members (excludes halogenated alkanes) is 9. The highest BCUT2D eigenvalue weighted by atomic mass is 32.1. The molecule has 1 saturated heterocycles. The highest BCUT2D eigenvalue weighted by Crippen LogP contribution is 2.25. The van der Waals surface area contributed by atoms with E-state index in [4.69, 9.17) is 9.57 Å². The fourth-order valence-corrected chi connectivity index (χ4v) is 5.59. The predicted octanol–water partition coefficient (Wildman–Crippen LogP) is 6.11. The first-order valence-corrected chi connectivity index (χ1v) is 15.4. The van der Waals surface area contributed by atoms with Crippen molar-refractivity contribution in [2.24, 2.45) is 0 Å². The molecule has 1 aromatic carbocycles. The van der Waals surface area contributed by atoms with Gasteiger partial charge in [-0.25, -0.2) is 4.98 Å². The summed E-state index contributed by atoms with van der Waals surface area (Å²) in [7, 11) is 0. The molecule has 216 valence electrons. The first-order valence-electron chi connectivity index (χ1n) is 14.6. The molecule has 0 spiro atoms. The molecule has 1 fully saturated rings. The van der Waals surface area contributed by atoms with Crippen molar-refractivity contribution < 1.29 is 19.2 Å². The number of nitrogens with one attached hydrogen (secondary N) is 1. The van der Waals surface area contributed by atoms with E-state index >= 15 is 0 Å². The monoisotopic (exact) mass is 558 g/mol. The smallest absolute Gasteiger partial charge is 0.322 e. The van der Waals surface area contributed by atoms with Gasteiger partial charge in [-0.05, 0) is 24.1 Å².